The Kier molecular flexibility index (Phi) is 4.29. The van der Waals surface area contributed by atoms with E-state index in [0.29, 0.717) is 12.2 Å². The van der Waals surface area contributed by atoms with Crippen LogP contribution in [0, 0.1) is 11.3 Å². The number of methoxy groups -OCH3 is 1. The van der Waals surface area contributed by atoms with Crippen LogP contribution in [0.5, 0.6) is 0 Å². The zero-order valence-electron chi connectivity index (χ0n) is 10.0. The van der Waals surface area contributed by atoms with Crippen LogP contribution in [0.25, 0.3) is 11.3 Å². The Morgan fingerprint density at radius 1 is 1.50 bits per heavy atom. The van der Waals surface area contributed by atoms with Gasteiger partial charge < -0.3 is 10.1 Å². The number of ether oxygens (including phenoxy) is 1. The second-order valence-electron chi connectivity index (χ2n) is 3.65. The maximum Gasteiger partial charge on any atom is 0.183 e. The minimum atomic E-state index is 0.648. The number of benzene rings is 1. The van der Waals surface area contributed by atoms with Crippen molar-refractivity contribution < 1.29 is 4.74 Å². The topological polar surface area (TPSA) is 57.9 Å². The first-order valence-electron chi connectivity index (χ1n) is 5.52. The number of aromatic nitrogens is 1. The van der Waals surface area contributed by atoms with Gasteiger partial charge in [0.15, 0.2) is 5.13 Å². The molecule has 0 atom stereocenters. The molecule has 0 spiro atoms. The fourth-order valence-electron chi connectivity index (χ4n) is 1.50. The molecule has 1 N–H and O–H groups in total. The number of hydrogen-bond acceptors (Lipinski definition) is 5. The summed E-state index contributed by atoms with van der Waals surface area (Å²) in [6.07, 6.45) is 0. The highest BCUT2D eigenvalue weighted by molar-refractivity contribution is 7.14. The van der Waals surface area contributed by atoms with Crippen LogP contribution >= 0.6 is 11.3 Å². The molecular formula is C13H13N3OS. The number of rotatable bonds is 5. The molecule has 0 aliphatic rings. The molecule has 92 valence electrons. The van der Waals surface area contributed by atoms with Gasteiger partial charge in [-0.15, -0.1) is 11.3 Å². The summed E-state index contributed by atoms with van der Waals surface area (Å²) in [6, 6.07) is 9.58. The molecule has 0 unspecified atom stereocenters. The molecule has 0 aliphatic heterocycles. The Labute approximate surface area is 110 Å². The lowest BCUT2D eigenvalue weighted by Gasteiger charge is -2.00. The summed E-state index contributed by atoms with van der Waals surface area (Å²) in [5.74, 6) is 0. The minimum Gasteiger partial charge on any atom is -0.383 e. The second kappa shape index (κ2) is 6.15. The first-order valence-corrected chi connectivity index (χ1v) is 6.40. The van der Waals surface area contributed by atoms with Crippen molar-refractivity contribution in [1.29, 1.82) is 5.26 Å². The highest BCUT2D eigenvalue weighted by atomic mass is 32.1. The van der Waals surface area contributed by atoms with Gasteiger partial charge in [-0.2, -0.15) is 5.26 Å². The third-order valence-corrected chi connectivity index (χ3v) is 3.17. The Bertz CT molecular complexity index is 559. The van der Waals surface area contributed by atoms with Gasteiger partial charge in [0, 0.05) is 24.6 Å². The minimum absolute atomic E-state index is 0.648. The van der Waals surface area contributed by atoms with Gasteiger partial charge in [0.1, 0.15) is 0 Å². The van der Waals surface area contributed by atoms with E-state index in [0.717, 1.165) is 22.9 Å². The lowest BCUT2D eigenvalue weighted by atomic mass is 10.1. The molecule has 0 saturated carbocycles. The molecule has 2 rings (SSSR count). The highest BCUT2D eigenvalue weighted by Gasteiger charge is 2.04. The zero-order valence-corrected chi connectivity index (χ0v) is 10.8. The largest absolute Gasteiger partial charge is 0.383 e. The van der Waals surface area contributed by atoms with Crippen molar-refractivity contribution in [1.82, 2.24) is 4.98 Å². The van der Waals surface area contributed by atoms with Gasteiger partial charge in [-0.3, -0.25) is 0 Å². The van der Waals surface area contributed by atoms with Crippen molar-refractivity contribution in [2.45, 2.75) is 0 Å². The molecule has 0 aliphatic carbocycles. The zero-order chi connectivity index (χ0) is 12.8. The van der Waals surface area contributed by atoms with Crippen molar-refractivity contribution in [3.05, 3.63) is 35.2 Å². The van der Waals surface area contributed by atoms with E-state index in [1.165, 1.54) is 0 Å². The summed E-state index contributed by atoms with van der Waals surface area (Å²) in [5.41, 5.74) is 2.50. The fraction of sp³-hybridized carbons (Fsp3) is 0.231. The average Bonchev–Trinajstić information content (AvgIpc) is 2.88. The van der Waals surface area contributed by atoms with Crippen LogP contribution in [0.15, 0.2) is 29.6 Å². The van der Waals surface area contributed by atoms with Gasteiger partial charge in [-0.1, -0.05) is 12.1 Å². The SMILES string of the molecule is COCCNc1nc(-c2cccc(C#N)c2)cs1. The van der Waals surface area contributed by atoms with Crippen LogP contribution in [0.1, 0.15) is 5.56 Å². The van der Waals surface area contributed by atoms with E-state index >= 15 is 0 Å². The number of nitriles is 1. The van der Waals surface area contributed by atoms with Gasteiger partial charge in [0.2, 0.25) is 0 Å². The van der Waals surface area contributed by atoms with E-state index in [9.17, 15) is 0 Å². The summed E-state index contributed by atoms with van der Waals surface area (Å²) >= 11 is 1.55. The molecule has 4 nitrogen and oxygen atoms in total. The van der Waals surface area contributed by atoms with Crippen molar-refractivity contribution in [2.75, 3.05) is 25.6 Å². The van der Waals surface area contributed by atoms with E-state index in [-0.39, 0.29) is 0 Å². The molecule has 1 heterocycles. The molecule has 1 aromatic heterocycles. The molecule has 0 radical (unpaired) electrons. The smallest absolute Gasteiger partial charge is 0.183 e. The third kappa shape index (κ3) is 3.06. The normalized spacial score (nSPS) is 10.0. The second-order valence-corrected chi connectivity index (χ2v) is 4.51. The molecule has 0 amide bonds. The van der Waals surface area contributed by atoms with Gasteiger partial charge in [-0.25, -0.2) is 4.98 Å². The molecule has 5 heteroatoms. The first kappa shape index (κ1) is 12.6. The Balaban J connectivity index is 2.11. The van der Waals surface area contributed by atoms with E-state index < -0.39 is 0 Å². The Morgan fingerprint density at radius 3 is 3.17 bits per heavy atom. The first-order chi connectivity index (χ1) is 8.83. The van der Waals surface area contributed by atoms with E-state index in [2.05, 4.69) is 16.4 Å². The van der Waals surface area contributed by atoms with E-state index in [4.69, 9.17) is 10.00 Å². The quantitative estimate of drug-likeness (QED) is 0.839. The monoisotopic (exact) mass is 259 g/mol. The molecule has 18 heavy (non-hydrogen) atoms. The van der Waals surface area contributed by atoms with Gasteiger partial charge in [0.05, 0.1) is 23.9 Å². The molecule has 2 aromatic rings. The average molecular weight is 259 g/mol. The maximum atomic E-state index is 8.86. The summed E-state index contributed by atoms with van der Waals surface area (Å²) in [7, 11) is 1.67. The molecule has 1 aromatic carbocycles. The Hall–Kier alpha value is -1.90. The van der Waals surface area contributed by atoms with Crippen LogP contribution in [0.3, 0.4) is 0 Å². The predicted octanol–water partition coefficient (Wildman–Crippen LogP) is 2.74. The van der Waals surface area contributed by atoms with Gasteiger partial charge in [0.25, 0.3) is 0 Å². The molecule has 0 saturated heterocycles. The van der Waals surface area contributed by atoms with Crippen LogP contribution in [-0.4, -0.2) is 25.2 Å². The number of hydrogen-bond donors (Lipinski definition) is 1. The maximum absolute atomic E-state index is 8.86. The van der Waals surface area contributed by atoms with Crippen molar-refractivity contribution >= 4 is 16.5 Å². The van der Waals surface area contributed by atoms with Crippen molar-refractivity contribution in [3.63, 3.8) is 0 Å². The predicted molar refractivity (Wildman–Crippen MR) is 72.6 cm³/mol. The van der Waals surface area contributed by atoms with Crippen LogP contribution in [-0.2, 0) is 4.74 Å². The standard InChI is InChI=1S/C13H13N3OS/c1-17-6-5-15-13-16-12(9-18-13)11-4-2-3-10(7-11)8-14/h2-4,7,9H,5-6H2,1H3,(H,15,16). The number of thiazole rings is 1. The fourth-order valence-corrected chi connectivity index (χ4v) is 2.24. The van der Waals surface area contributed by atoms with Crippen LogP contribution in [0.4, 0.5) is 5.13 Å². The van der Waals surface area contributed by atoms with Crippen LogP contribution in [0.2, 0.25) is 0 Å². The number of nitrogens with one attached hydrogen (secondary N) is 1. The number of anilines is 1. The third-order valence-electron chi connectivity index (χ3n) is 2.37. The highest BCUT2D eigenvalue weighted by Crippen LogP contribution is 2.25. The van der Waals surface area contributed by atoms with Crippen molar-refractivity contribution in [3.8, 4) is 17.3 Å². The summed E-state index contributed by atoms with van der Waals surface area (Å²) in [6.45, 7) is 1.39. The van der Waals surface area contributed by atoms with Crippen molar-refractivity contribution in [2.24, 2.45) is 0 Å². The lowest BCUT2D eigenvalue weighted by molar-refractivity contribution is 0.211. The lowest BCUT2D eigenvalue weighted by Crippen LogP contribution is -2.06. The molecular weight excluding hydrogens is 246 g/mol. The molecule has 0 bridgehead atoms. The van der Waals surface area contributed by atoms with Crippen LogP contribution < -0.4 is 5.32 Å². The number of nitrogens with zero attached hydrogens (tertiary/aromatic N) is 2. The van der Waals surface area contributed by atoms with E-state index in [1.807, 2.05) is 23.6 Å². The molecule has 0 fully saturated rings. The van der Waals surface area contributed by atoms with Gasteiger partial charge in [-0.05, 0) is 12.1 Å². The van der Waals surface area contributed by atoms with Gasteiger partial charge >= 0.3 is 0 Å². The Morgan fingerprint density at radius 2 is 2.39 bits per heavy atom. The summed E-state index contributed by atoms with van der Waals surface area (Å²) in [5, 5.41) is 14.9. The summed E-state index contributed by atoms with van der Waals surface area (Å²) in [4.78, 5) is 4.47. The van der Waals surface area contributed by atoms with E-state index in [1.54, 1.807) is 24.5 Å². The summed E-state index contributed by atoms with van der Waals surface area (Å²) < 4.78 is 4.96.